The number of hydrogen-bond acceptors (Lipinski definition) is 13. The lowest BCUT2D eigenvalue weighted by atomic mass is 9.78. The van der Waals surface area contributed by atoms with Crippen LogP contribution in [0.5, 0.6) is 5.75 Å². The Hall–Kier alpha value is -3.28. The van der Waals surface area contributed by atoms with Crippen LogP contribution in [-0.2, 0) is 49.3 Å². The number of carbonyl (C=O) groups excluding carboxylic acids is 5. The predicted octanol–water partition coefficient (Wildman–Crippen LogP) is 5.70. The highest BCUT2D eigenvalue weighted by Crippen LogP contribution is 2.50. The third kappa shape index (κ3) is 12.6. The van der Waals surface area contributed by atoms with E-state index in [0.717, 1.165) is 23.3 Å². The van der Waals surface area contributed by atoms with Crippen molar-refractivity contribution in [2.24, 2.45) is 5.92 Å². The molecule has 0 aliphatic carbocycles. The molecule has 4 bridgehead atoms. The number of methoxy groups -OCH3 is 2. The summed E-state index contributed by atoms with van der Waals surface area (Å²) >= 11 is 6.78. The van der Waals surface area contributed by atoms with Gasteiger partial charge in [0.2, 0.25) is 17.7 Å². The summed E-state index contributed by atoms with van der Waals surface area (Å²) in [4.78, 5) is 68.4. The molecule has 14 nitrogen and oxygen atoms in total. The standard InChI is InChI=1S/C41H58ClN3O11S2.CH4/c1-24-12-10-13-31(53-9)41(51)22-30(54-36(49)23-41)25(2)38-40(4,56-38)32(21-35(48)45(7)28-19-27(18-24)20-29(52-8)37(28)42)55-39(50)26(3)44(6)34(47)15-17-58-57-16-11-14-33(46)43-5;/h10,12-13,19-20,25-26,30-32,38,51H,11,14-18,21-23H2,1-9H3,(H,43,46);1H4/b13-10+,24-12+;/t25-,26+,30+,31-,32+,38+,40+,41-;/m1./s1. The van der Waals surface area contributed by atoms with Gasteiger partial charge in [0.1, 0.15) is 46.3 Å². The maximum Gasteiger partial charge on any atom is 0.328 e. The van der Waals surface area contributed by atoms with Crippen LogP contribution in [0.3, 0.4) is 0 Å². The molecule has 3 heterocycles. The van der Waals surface area contributed by atoms with E-state index in [1.54, 1.807) is 63.0 Å². The SMILES string of the molecule is C.CNC(=O)CCCSSCCC(=O)N(C)[C@@H](C)C(=O)O[C@H]1CC(=O)N(C)c2cc(cc(OC)c2Cl)C/C(C)=C/C=C/[C@@H](OC)[C@]2(O)CC(=O)O[C@@H](C2)[C@@H](C)[C@@H]2O[C@@]12C. The molecule has 0 radical (unpaired) electrons. The van der Waals surface area contributed by atoms with Gasteiger partial charge in [0.25, 0.3) is 0 Å². The lowest BCUT2D eigenvalue weighted by molar-refractivity contribution is -0.187. The highest BCUT2D eigenvalue weighted by atomic mass is 35.5. The van der Waals surface area contributed by atoms with Crippen molar-refractivity contribution in [3.05, 3.63) is 46.5 Å². The molecule has 0 saturated carbocycles. The van der Waals surface area contributed by atoms with Gasteiger partial charge in [0.05, 0.1) is 31.7 Å². The Morgan fingerprint density at radius 3 is 2.53 bits per heavy atom. The molecule has 330 valence electrons. The average molecular weight is 885 g/mol. The Balaban J connectivity index is 0.00000930. The first-order valence-corrected chi connectivity index (χ1v) is 22.3. The van der Waals surface area contributed by atoms with Gasteiger partial charge in [-0.2, -0.15) is 0 Å². The summed E-state index contributed by atoms with van der Waals surface area (Å²) in [6.45, 7) is 7.05. The van der Waals surface area contributed by atoms with E-state index in [0.29, 0.717) is 30.0 Å². The molecule has 0 spiro atoms. The molecule has 0 unspecified atom stereocenters. The van der Waals surface area contributed by atoms with Crippen molar-refractivity contribution in [3.8, 4) is 5.75 Å². The zero-order valence-electron chi connectivity index (χ0n) is 34.8. The summed E-state index contributed by atoms with van der Waals surface area (Å²) in [5.74, 6) is -0.888. The number of carbonyl (C=O) groups is 5. The van der Waals surface area contributed by atoms with E-state index in [-0.39, 0.29) is 49.9 Å². The summed E-state index contributed by atoms with van der Waals surface area (Å²) in [6, 6.07) is 2.60. The normalized spacial score (nSPS) is 29.0. The van der Waals surface area contributed by atoms with Gasteiger partial charge in [-0.05, 0) is 51.3 Å². The number of amides is 3. The van der Waals surface area contributed by atoms with E-state index in [2.05, 4.69) is 5.32 Å². The predicted molar refractivity (Wildman–Crippen MR) is 232 cm³/mol. The number of aliphatic hydroxyl groups is 1. The first kappa shape index (κ1) is 50.1. The van der Waals surface area contributed by atoms with E-state index in [9.17, 15) is 29.1 Å². The molecular formula is C42H62ClN3O11S2. The molecule has 3 amide bonds. The smallest absolute Gasteiger partial charge is 0.328 e. The topological polar surface area (TPSA) is 174 Å². The largest absolute Gasteiger partial charge is 0.495 e. The molecule has 2 saturated heterocycles. The van der Waals surface area contributed by atoms with Crippen LogP contribution in [0.25, 0.3) is 0 Å². The number of hydrogen-bond donors (Lipinski definition) is 2. The number of esters is 2. The van der Waals surface area contributed by atoms with Crippen LogP contribution in [0.4, 0.5) is 5.69 Å². The fraction of sp³-hybridized carbons (Fsp3) is 0.643. The molecular weight excluding hydrogens is 822 g/mol. The quantitative estimate of drug-likeness (QED) is 0.107. The Morgan fingerprint density at radius 2 is 1.86 bits per heavy atom. The second kappa shape index (κ2) is 22.0. The van der Waals surface area contributed by atoms with Crippen molar-refractivity contribution in [1.82, 2.24) is 10.2 Å². The monoisotopic (exact) mass is 883 g/mol. The third-order valence-electron chi connectivity index (χ3n) is 11.2. The maximum atomic E-state index is 14.2. The molecule has 1 aromatic carbocycles. The summed E-state index contributed by atoms with van der Waals surface area (Å²) in [5, 5.41) is 14.7. The number of halogens is 1. The highest BCUT2D eigenvalue weighted by Gasteiger charge is 2.64. The number of benzene rings is 1. The number of nitrogens with zero attached hydrogens (tertiary/aromatic N) is 2. The summed E-state index contributed by atoms with van der Waals surface area (Å²) < 4.78 is 29.5. The van der Waals surface area contributed by atoms with Crippen LogP contribution >= 0.6 is 33.2 Å². The van der Waals surface area contributed by atoms with Gasteiger partial charge in [-0.3, -0.25) is 19.2 Å². The average Bonchev–Trinajstić information content (AvgIpc) is 3.89. The number of nitrogens with one attached hydrogen (secondary N) is 1. The van der Waals surface area contributed by atoms with Crippen LogP contribution in [0.15, 0.2) is 35.9 Å². The van der Waals surface area contributed by atoms with E-state index in [4.69, 9.17) is 35.3 Å². The van der Waals surface area contributed by atoms with E-state index < -0.39 is 65.4 Å². The van der Waals surface area contributed by atoms with Crippen molar-refractivity contribution >= 4 is 68.5 Å². The summed E-state index contributed by atoms with van der Waals surface area (Å²) in [6.07, 6.45) is 3.22. The number of rotatable bonds is 13. The van der Waals surface area contributed by atoms with Crippen LogP contribution < -0.4 is 15.0 Å². The number of likely N-dealkylation sites (N-methyl/N-ethyl adjacent to an activating group) is 1. The lowest BCUT2D eigenvalue weighted by Gasteiger charge is -2.41. The first-order valence-electron chi connectivity index (χ1n) is 19.4. The van der Waals surface area contributed by atoms with Crippen LogP contribution in [0.2, 0.25) is 5.02 Å². The molecule has 3 aliphatic rings. The van der Waals surface area contributed by atoms with Gasteiger partial charge in [0.15, 0.2) is 0 Å². The lowest BCUT2D eigenvalue weighted by Crippen LogP contribution is -2.53. The molecule has 2 N–H and O–H groups in total. The van der Waals surface area contributed by atoms with Gasteiger partial charge in [-0.25, -0.2) is 4.79 Å². The Bertz CT molecular complexity index is 1750. The van der Waals surface area contributed by atoms with Crippen molar-refractivity contribution in [2.45, 2.75) is 122 Å². The van der Waals surface area contributed by atoms with Crippen molar-refractivity contribution < 1.29 is 52.8 Å². The van der Waals surface area contributed by atoms with Crippen LogP contribution in [0, 0.1) is 5.92 Å². The fourth-order valence-corrected chi connectivity index (χ4v) is 9.69. The van der Waals surface area contributed by atoms with Crippen molar-refractivity contribution in [2.75, 3.05) is 51.8 Å². The zero-order valence-corrected chi connectivity index (χ0v) is 37.2. The van der Waals surface area contributed by atoms with Gasteiger partial charge < -0.3 is 43.9 Å². The molecule has 1 aromatic rings. The zero-order chi connectivity index (χ0) is 42.9. The van der Waals surface area contributed by atoms with Gasteiger partial charge in [-0.15, -0.1) is 0 Å². The summed E-state index contributed by atoms with van der Waals surface area (Å²) in [7, 11) is 10.8. The van der Waals surface area contributed by atoms with Crippen LogP contribution in [0.1, 0.15) is 79.2 Å². The molecule has 17 heteroatoms. The Kier molecular flexibility index (Phi) is 18.7. The minimum absolute atomic E-state index is 0. The molecule has 4 rings (SSSR count). The van der Waals surface area contributed by atoms with E-state index >= 15 is 0 Å². The second-order valence-corrected chi connectivity index (χ2v) is 18.5. The molecule has 2 fully saturated rings. The Labute approximate surface area is 361 Å². The van der Waals surface area contributed by atoms with Crippen molar-refractivity contribution in [3.63, 3.8) is 0 Å². The number of fused-ring (bicyclic) bond motifs is 5. The number of allylic oxidation sites excluding steroid dienone is 3. The number of ether oxygens (including phenoxy) is 5. The minimum atomic E-state index is -1.59. The number of epoxide rings is 1. The third-order valence-corrected chi connectivity index (χ3v) is 14.0. The van der Waals surface area contributed by atoms with E-state index in [1.807, 2.05) is 19.9 Å². The highest BCUT2D eigenvalue weighted by molar-refractivity contribution is 8.76. The molecule has 3 aliphatic heterocycles. The molecule has 8 atom stereocenters. The Morgan fingerprint density at radius 1 is 1.17 bits per heavy atom. The minimum Gasteiger partial charge on any atom is -0.495 e. The fourth-order valence-electron chi connectivity index (χ4n) is 7.31. The van der Waals surface area contributed by atoms with E-state index in [1.165, 1.54) is 41.9 Å². The summed E-state index contributed by atoms with van der Waals surface area (Å²) in [5.41, 5.74) is -0.659. The van der Waals surface area contributed by atoms with Crippen LogP contribution in [-0.4, -0.2) is 128 Å². The second-order valence-electron chi connectivity index (χ2n) is 15.4. The first-order chi connectivity index (χ1) is 27.4. The maximum absolute atomic E-state index is 14.2. The number of anilines is 1. The molecule has 0 aromatic heterocycles. The van der Waals surface area contributed by atoms with Gasteiger partial charge >= 0.3 is 11.9 Å². The molecule has 59 heavy (non-hydrogen) atoms. The van der Waals surface area contributed by atoms with Gasteiger partial charge in [-0.1, -0.05) is 71.3 Å². The van der Waals surface area contributed by atoms with Crippen molar-refractivity contribution in [1.29, 1.82) is 0 Å². The van der Waals surface area contributed by atoms with Gasteiger partial charge in [0, 0.05) is 64.9 Å².